The van der Waals surface area contributed by atoms with Crippen LogP contribution < -0.4 is 11.1 Å². The third kappa shape index (κ3) is 5.22. The molecule has 24 heavy (non-hydrogen) atoms. The molecule has 1 aromatic carbocycles. The highest BCUT2D eigenvalue weighted by Gasteiger charge is 2.20. The van der Waals surface area contributed by atoms with Gasteiger partial charge in [0.05, 0.1) is 18.0 Å². The molecule has 128 valence electrons. The van der Waals surface area contributed by atoms with E-state index >= 15 is 0 Å². The van der Waals surface area contributed by atoms with Crippen LogP contribution in [0.25, 0.3) is 0 Å². The lowest BCUT2D eigenvalue weighted by atomic mass is 10.0. The van der Waals surface area contributed by atoms with Gasteiger partial charge in [-0.15, -0.1) is 0 Å². The van der Waals surface area contributed by atoms with Gasteiger partial charge in [0.2, 0.25) is 0 Å². The van der Waals surface area contributed by atoms with Gasteiger partial charge in [0, 0.05) is 18.3 Å². The van der Waals surface area contributed by atoms with Crippen molar-refractivity contribution in [1.82, 2.24) is 10.3 Å². The van der Waals surface area contributed by atoms with Gasteiger partial charge in [0.25, 0.3) is 0 Å². The molecule has 5 N–H and O–H groups in total. The summed E-state index contributed by atoms with van der Waals surface area (Å²) >= 11 is 0. The van der Waals surface area contributed by atoms with E-state index in [0.717, 1.165) is 5.56 Å². The molecule has 0 aliphatic rings. The van der Waals surface area contributed by atoms with E-state index < -0.39 is 18.3 Å². The van der Waals surface area contributed by atoms with Crippen LogP contribution in [0.4, 0.5) is 10.5 Å². The number of carbonyl (C=O) groups excluding carboxylic acids is 1. The van der Waals surface area contributed by atoms with Crippen LogP contribution in [0, 0.1) is 0 Å². The fourth-order valence-corrected chi connectivity index (χ4v) is 2.15. The Morgan fingerprint density at radius 3 is 2.71 bits per heavy atom. The van der Waals surface area contributed by atoms with Crippen LogP contribution in [-0.4, -0.2) is 33.9 Å². The number of ether oxygens (including phenoxy) is 1. The summed E-state index contributed by atoms with van der Waals surface area (Å²) in [6.45, 7) is 0.336. The molecule has 0 saturated heterocycles. The Bertz CT molecular complexity index is 651. The predicted octanol–water partition coefficient (Wildman–Crippen LogP) is 1.37. The number of hydrogen-bond donors (Lipinski definition) is 4. The summed E-state index contributed by atoms with van der Waals surface area (Å²) in [6.07, 6.45) is 0.262. The SMILES string of the molecule is Nc1cnccc1C(O)C(O)CCNC(=O)OCc1ccccc1. The van der Waals surface area contributed by atoms with Gasteiger partial charge in [-0.05, 0) is 18.1 Å². The molecule has 0 fully saturated rings. The normalized spacial score (nSPS) is 13.1. The second-order valence-corrected chi connectivity index (χ2v) is 5.29. The van der Waals surface area contributed by atoms with Gasteiger partial charge in [-0.2, -0.15) is 0 Å². The number of amides is 1. The summed E-state index contributed by atoms with van der Waals surface area (Å²) in [4.78, 5) is 15.4. The van der Waals surface area contributed by atoms with Crippen LogP contribution in [0.3, 0.4) is 0 Å². The number of aromatic nitrogens is 1. The fraction of sp³-hybridized carbons (Fsp3) is 0.294. The zero-order chi connectivity index (χ0) is 17.4. The first-order valence-corrected chi connectivity index (χ1v) is 7.58. The third-order valence-electron chi connectivity index (χ3n) is 3.49. The van der Waals surface area contributed by atoms with Crippen LogP contribution in [-0.2, 0) is 11.3 Å². The van der Waals surface area contributed by atoms with Crippen molar-refractivity contribution in [3.05, 3.63) is 59.9 Å². The van der Waals surface area contributed by atoms with Crippen molar-refractivity contribution in [3.8, 4) is 0 Å². The van der Waals surface area contributed by atoms with Crippen molar-refractivity contribution in [3.63, 3.8) is 0 Å². The first kappa shape index (κ1) is 17.7. The number of aliphatic hydroxyl groups is 2. The van der Waals surface area contributed by atoms with Crippen molar-refractivity contribution < 1.29 is 19.7 Å². The maximum Gasteiger partial charge on any atom is 0.407 e. The van der Waals surface area contributed by atoms with E-state index in [4.69, 9.17) is 10.5 Å². The lowest BCUT2D eigenvalue weighted by molar-refractivity contribution is 0.0140. The Hall–Kier alpha value is -2.64. The predicted molar refractivity (Wildman–Crippen MR) is 88.9 cm³/mol. The molecule has 7 nitrogen and oxygen atoms in total. The van der Waals surface area contributed by atoms with Crippen molar-refractivity contribution in [2.24, 2.45) is 0 Å². The fourth-order valence-electron chi connectivity index (χ4n) is 2.15. The molecule has 1 aromatic heterocycles. The number of rotatable bonds is 7. The van der Waals surface area contributed by atoms with Crippen molar-refractivity contribution in [1.29, 1.82) is 0 Å². The van der Waals surface area contributed by atoms with Gasteiger partial charge < -0.3 is 26.0 Å². The molecule has 0 saturated carbocycles. The standard InChI is InChI=1S/C17H21N3O4/c18-14-10-19-8-6-13(14)16(22)15(21)7-9-20-17(23)24-11-12-4-2-1-3-5-12/h1-6,8,10,15-16,21-22H,7,9,11,18H2,(H,20,23). The van der Waals surface area contributed by atoms with Crippen LogP contribution >= 0.6 is 0 Å². The van der Waals surface area contributed by atoms with Gasteiger partial charge in [0.15, 0.2) is 0 Å². The van der Waals surface area contributed by atoms with Gasteiger partial charge >= 0.3 is 6.09 Å². The van der Waals surface area contributed by atoms with E-state index in [0.29, 0.717) is 11.3 Å². The van der Waals surface area contributed by atoms with E-state index in [9.17, 15) is 15.0 Å². The minimum atomic E-state index is -1.14. The second-order valence-electron chi connectivity index (χ2n) is 5.29. The molecule has 1 heterocycles. The molecule has 0 bridgehead atoms. The maximum atomic E-state index is 11.6. The zero-order valence-corrected chi connectivity index (χ0v) is 13.1. The Morgan fingerprint density at radius 2 is 2.00 bits per heavy atom. The molecule has 7 heteroatoms. The Labute approximate surface area is 140 Å². The van der Waals surface area contributed by atoms with Gasteiger partial charge in [0.1, 0.15) is 12.7 Å². The van der Waals surface area contributed by atoms with E-state index in [1.807, 2.05) is 30.3 Å². The Balaban J connectivity index is 1.71. The first-order chi connectivity index (χ1) is 11.6. The molecular formula is C17H21N3O4. The summed E-state index contributed by atoms with van der Waals surface area (Å²) < 4.78 is 5.05. The molecule has 2 aromatic rings. The number of nitrogen functional groups attached to an aromatic ring is 1. The molecule has 1 amide bonds. The molecular weight excluding hydrogens is 310 g/mol. The molecule has 2 atom stereocenters. The number of carbonyl (C=O) groups is 1. The molecule has 0 aliphatic carbocycles. The number of alkyl carbamates (subject to hydrolysis) is 1. The number of pyridine rings is 1. The van der Waals surface area contributed by atoms with E-state index in [1.54, 1.807) is 6.07 Å². The average Bonchev–Trinajstić information content (AvgIpc) is 2.60. The Morgan fingerprint density at radius 1 is 1.25 bits per heavy atom. The van der Waals surface area contributed by atoms with Crippen LogP contribution in [0.15, 0.2) is 48.8 Å². The highest BCUT2D eigenvalue weighted by atomic mass is 16.5. The number of nitrogens with two attached hydrogens (primary N) is 1. The molecule has 0 aliphatic heterocycles. The summed E-state index contributed by atoms with van der Waals surface area (Å²) in [5.74, 6) is 0. The molecule has 0 spiro atoms. The monoisotopic (exact) mass is 331 g/mol. The lowest BCUT2D eigenvalue weighted by Gasteiger charge is -2.19. The summed E-state index contributed by atoms with van der Waals surface area (Å²) in [7, 11) is 0. The van der Waals surface area contributed by atoms with Crippen LogP contribution in [0.2, 0.25) is 0 Å². The smallest absolute Gasteiger partial charge is 0.407 e. The number of aliphatic hydroxyl groups excluding tert-OH is 2. The molecule has 2 unspecified atom stereocenters. The summed E-state index contributed by atoms with van der Waals surface area (Å²) in [6, 6.07) is 10.9. The maximum absolute atomic E-state index is 11.6. The lowest BCUT2D eigenvalue weighted by Crippen LogP contribution is -2.30. The van der Waals surface area contributed by atoms with Crippen molar-refractivity contribution in [2.45, 2.75) is 25.2 Å². The van der Waals surface area contributed by atoms with Gasteiger partial charge in [-0.1, -0.05) is 30.3 Å². The topological polar surface area (TPSA) is 118 Å². The number of nitrogens with one attached hydrogen (secondary N) is 1. The van der Waals surface area contributed by atoms with Crippen LogP contribution in [0.5, 0.6) is 0 Å². The quantitative estimate of drug-likeness (QED) is 0.609. The highest BCUT2D eigenvalue weighted by Crippen LogP contribution is 2.23. The Kier molecular flexibility index (Phi) is 6.53. The van der Waals surface area contributed by atoms with E-state index in [-0.39, 0.29) is 19.6 Å². The average molecular weight is 331 g/mol. The van der Waals surface area contributed by atoms with E-state index in [2.05, 4.69) is 10.3 Å². The second kappa shape index (κ2) is 8.85. The minimum Gasteiger partial charge on any atom is -0.445 e. The molecule has 0 radical (unpaired) electrons. The molecule has 2 rings (SSSR count). The first-order valence-electron chi connectivity index (χ1n) is 7.58. The van der Waals surface area contributed by atoms with Gasteiger partial charge in [-0.25, -0.2) is 4.79 Å². The van der Waals surface area contributed by atoms with E-state index in [1.165, 1.54) is 12.4 Å². The van der Waals surface area contributed by atoms with Gasteiger partial charge in [-0.3, -0.25) is 4.98 Å². The third-order valence-corrected chi connectivity index (χ3v) is 3.49. The summed E-state index contributed by atoms with van der Waals surface area (Å²) in [5.41, 5.74) is 7.30. The zero-order valence-electron chi connectivity index (χ0n) is 13.1. The number of anilines is 1. The highest BCUT2D eigenvalue weighted by molar-refractivity contribution is 5.67. The van der Waals surface area contributed by atoms with Crippen LogP contribution in [0.1, 0.15) is 23.7 Å². The van der Waals surface area contributed by atoms with Crippen molar-refractivity contribution >= 4 is 11.8 Å². The largest absolute Gasteiger partial charge is 0.445 e. The number of nitrogens with zero attached hydrogens (tertiary/aromatic N) is 1. The number of hydrogen-bond acceptors (Lipinski definition) is 6. The summed E-state index contributed by atoms with van der Waals surface area (Å²) in [5, 5.41) is 22.6. The number of benzene rings is 1. The van der Waals surface area contributed by atoms with Crippen molar-refractivity contribution in [2.75, 3.05) is 12.3 Å². The minimum absolute atomic E-state index is 0.156.